The van der Waals surface area contributed by atoms with Gasteiger partial charge in [0.05, 0.1) is 7.11 Å². The van der Waals surface area contributed by atoms with E-state index in [1.807, 2.05) is 24.3 Å². The fraction of sp³-hybridized carbons (Fsp3) is 0.286. The van der Waals surface area contributed by atoms with E-state index in [1.54, 1.807) is 24.0 Å². The first kappa shape index (κ1) is 17.1. The predicted molar refractivity (Wildman–Crippen MR) is 104 cm³/mol. The molecule has 0 saturated carbocycles. The Morgan fingerprint density at radius 1 is 1.14 bits per heavy atom. The van der Waals surface area contributed by atoms with Gasteiger partial charge in [0.1, 0.15) is 23.4 Å². The number of rotatable bonds is 5. The van der Waals surface area contributed by atoms with Crippen LogP contribution in [0, 0.1) is 5.82 Å². The summed E-state index contributed by atoms with van der Waals surface area (Å²) in [5, 5.41) is 5.48. The largest absolute Gasteiger partial charge is 0.494 e. The second-order valence-corrected chi connectivity index (χ2v) is 7.09. The van der Waals surface area contributed by atoms with Gasteiger partial charge >= 0.3 is 0 Å². The van der Waals surface area contributed by atoms with E-state index in [0.29, 0.717) is 6.54 Å². The number of aryl methyl sites for hydroxylation is 1. The van der Waals surface area contributed by atoms with Crippen molar-refractivity contribution >= 4 is 16.6 Å². The van der Waals surface area contributed by atoms with Crippen LogP contribution in [0.3, 0.4) is 0 Å². The zero-order valence-corrected chi connectivity index (χ0v) is 15.6. The van der Waals surface area contributed by atoms with Gasteiger partial charge < -0.3 is 4.74 Å². The number of methoxy groups -OCH3 is 1. The van der Waals surface area contributed by atoms with Crippen molar-refractivity contribution in [2.75, 3.05) is 13.7 Å². The first-order valence-corrected chi connectivity index (χ1v) is 9.38. The van der Waals surface area contributed by atoms with Crippen molar-refractivity contribution in [2.45, 2.75) is 25.9 Å². The highest BCUT2D eigenvalue weighted by molar-refractivity contribution is 5.94. The molecule has 7 heteroatoms. The van der Waals surface area contributed by atoms with E-state index >= 15 is 0 Å². The maximum absolute atomic E-state index is 13.9. The molecule has 5 rings (SSSR count). The van der Waals surface area contributed by atoms with Gasteiger partial charge in [-0.15, -0.1) is 5.10 Å². The van der Waals surface area contributed by atoms with E-state index < -0.39 is 0 Å². The zero-order chi connectivity index (χ0) is 19.1. The Kier molecular flexibility index (Phi) is 4.16. The number of benzene rings is 2. The first-order valence-electron chi connectivity index (χ1n) is 9.38. The summed E-state index contributed by atoms with van der Waals surface area (Å²) < 4.78 is 21.0. The molecular weight excluding hydrogens is 357 g/mol. The molecule has 0 spiro atoms. The molecule has 0 radical (unpaired) electrons. The Morgan fingerprint density at radius 2 is 2.04 bits per heavy atom. The minimum absolute atomic E-state index is 0.100. The Bertz CT molecular complexity index is 1170. The molecule has 0 unspecified atom stereocenters. The van der Waals surface area contributed by atoms with Crippen molar-refractivity contribution in [3.05, 3.63) is 65.5 Å². The average Bonchev–Trinajstić information content (AvgIpc) is 3.32. The van der Waals surface area contributed by atoms with E-state index in [4.69, 9.17) is 9.72 Å². The van der Waals surface area contributed by atoms with Gasteiger partial charge in [0, 0.05) is 30.5 Å². The third-order valence-electron chi connectivity index (χ3n) is 5.30. The summed E-state index contributed by atoms with van der Waals surface area (Å²) in [7, 11) is 1.64. The molecule has 0 N–H and O–H groups in total. The van der Waals surface area contributed by atoms with Crippen LogP contribution in [0.15, 0.2) is 42.7 Å². The van der Waals surface area contributed by atoms with Crippen molar-refractivity contribution in [1.29, 1.82) is 0 Å². The summed E-state index contributed by atoms with van der Waals surface area (Å²) in [5.74, 6) is 1.42. The summed E-state index contributed by atoms with van der Waals surface area (Å²) in [6.45, 7) is 2.37. The zero-order valence-electron chi connectivity index (χ0n) is 15.6. The fourth-order valence-corrected chi connectivity index (χ4v) is 3.92. The van der Waals surface area contributed by atoms with E-state index in [2.05, 4.69) is 15.0 Å². The van der Waals surface area contributed by atoms with Crippen molar-refractivity contribution < 1.29 is 9.13 Å². The molecule has 2 aromatic carbocycles. The lowest BCUT2D eigenvalue weighted by molar-refractivity contribution is 0.278. The Hall–Kier alpha value is -3.06. The maximum Gasteiger partial charge on any atom is 0.166 e. The smallest absolute Gasteiger partial charge is 0.166 e. The number of para-hydroxylation sites is 1. The third-order valence-corrected chi connectivity index (χ3v) is 5.30. The summed E-state index contributed by atoms with van der Waals surface area (Å²) in [4.78, 5) is 11.4. The summed E-state index contributed by atoms with van der Waals surface area (Å²) in [6.07, 6.45) is 3.36. The van der Waals surface area contributed by atoms with Crippen LogP contribution in [-0.4, -0.2) is 38.1 Å². The molecule has 6 nitrogen and oxygen atoms in total. The molecule has 0 aliphatic carbocycles. The summed E-state index contributed by atoms with van der Waals surface area (Å²) in [5.41, 5.74) is 3.50. The lowest BCUT2D eigenvalue weighted by Gasteiger charge is -2.13. The Balaban J connectivity index is 1.30. The first-order chi connectivity index (χ1) is 13.7. The number of hydrogen-bond acceptors (Lipinski definition) is 5. The minimum Gasteiger partial charge on any atom is -0.494 e. The molecule has 0 atom stereocenters. The number of halogens is 1. The normalized spacial score (nSPS) is 14.1. The van der Waals surface area contributed by atoms with Crippen LogP contribution < -0.4 is 4.74 Å². The van der Waals surface area contributed by atoms with Crippen LogP contribution in [0.2, 0.25) is 0 Å². The van der Waals surface area contributed by atoms with E-state index in [1.165, 1.54) is 6.07 Å². The van der Waals surface area contributed by atoms with E-state index in [0.717, 1.165) is 65.2 Å². The fourth-order valence-electron chi connectivity index (χ4n) is 3.92. The molecule has 0 amide bonds. The van der Waals surface area contributed by atoms with Gasteiger partial charge in [-0.05, 0) is 36.7 Å². The molecule has 3 heterocycles. The number of aromatic nitrogens is 4. The van der Waals surface area contributed by atoms with Gasteiger partial charge in [-0.2, -0.15) is 0 Å². The molecule has 28 heavy (non-hydrogen) atoms. The highest BCUT2D eigenvalue weighted by atomic mass is 19.1. The molecule has 4 aromatic rings. The van der Waals surface area contributed by atoms with Gasteiger partial charge in [-0.25, -0.2) is 18.9 Å². The molecule has 1 aliphatic rings. The lowest BCUT2D eigenvalue weighted by atomic mass is 10.1. The van der Waals surface area contributed by atoms with E-state index in [9.17, 15) is 4.39 Å². The van der Waals surface area contributed by atoms with Crippen LogP contribution in [0.25, 0.3) is 16.6 Å². The van der Waals surface area contributed by atoms with Crippen molar-refractivity contribution in [3.63, 3.8) is 0 Å². The number of fused-ring (bicyclic) bond motifs is 4. The Morgan fingerprint density at radius 3 is 2.89 bits per heavy atom. The van der Waals surface area contributed by atoms with Crippen LogP contribution in [0.4, 0.5) is 4.39 Å². The second kappa shape index (κ2) is 6.83. The SMILES string of the molecule is COc1cccc2c1ncn1nc(CCCN3Cc4cccc(F)c4C3)nc21. The molecule has 0 fully saturated rings. The third kappa shape index (κ3) is 2.88. The number of ether oxygens (including phenoxy) is 1. The van der Waals surface area contributed by atoms with Crippen LogP contribution >= 0.6 is 0 Å². The summed E-state index contributed by atoms with van der Waals surface area (Å²) >= 11 is 0. The highest BCUT2D eigenvalue weighted by Gasteiger charge is 2.21. The molecule has 2 aromatic heterocycles. The van der Waals surface area contributed by atoms with Gasteiger partial charge in [-0.3, -0.25) is 4.90 Å². The Labute approximate surface area is 161 Å². The molecule has 0 bridgehead atoms. The molecule has 1 aliphatic heterocycles. The second-order valence-electron chi connectivity index (χ2n) is 7.09. The van der Waals surface area contributed by atoms with Gasteiger partial charge in [0.2, 0.25) is 0 Å². The van der Waals surface area contributed by atoms with Crippen LogP contribution in [0.1, 0.15) is 23.4 Å². The lowest BCUT2D eigenvalue weighted by Crippen LogP contribution is -2.18. The molecule has 0 saturated heterocycles. The van der Waals surface area contributed by atoms with E-state index in [-0.39, 0.29) is 5.82 Å². The quantitative estimate of drug-likeness (QED) is 0.534. The van der Waals surface area contributed by atoms with Crippen molar-refractivity contribution in [1.82, 2.24) is 24.5 Å². The highest BCUT2D eigenvalue weighted by Crippen LogP contribution is 2.26. The van der Waals surface area contributed by atoms with Gasteiger partial charge in [0.25, 0.3) is 0 Å². The van der Waals surface area contributed by atoms with Crippen LogP contribution in [-0.2, 0) is 19.5 Å². The summed E-state index contributed by atoms with van der Waals surface area (Å²) in [6, 6.07) is 11.1. The minimum atomic E-state index is -0.100. The molecular formula is C21H20FN5O. The average molecular weight is 377 g/mol. The van der Waals surface area contributed by atoms with Crippen LogP contribution in [0.5, 0.6) is 5.75 Å². The van der Waals surface area contributed by atoms with Crippen molar-refractivity contribution in [2.24, 2.45) is 0 Å². The van der Waals surface area contributed by atoms with Crippen molar-refractivity contribution in [3.8, 4) is 5.75 Å². The van der Waals surface area contributed by atoms with Gasteiger partial charge in [0.15, 0.2) is 11.5 Å². The standard InChI is InChI=1S/C21H20FN5O/c1-28-18-8-3-6-15-20(18)23-13-27-21(15)24-19(25-27)9-4-10-26-11-14-5-2-7-17(22)16(14)12-26/h2-3,5-8,13H,4,9-12H2,1H3. The topological polar surface area (TPSA) is 55.6 Å². The van der Waals surface area contributed by atoms with Gasteiger partial charge in [-0.1, -0.05) is 18.2 Å². The molecule has 142 valence electrons. The number of hydrogen-bond donors (Lipinski definition) is 0. The maximum atomic E-state index is 13.9. The predicted octanol–water partition coefficient (Wildman–Crippen LogP) is 3.37. The monoisotopic (exact) mass is 377 g/mol. The number of nitrogens with zero attached hydrogens (tertiary/aromatic N) is 5.